The summed E-state index contributed by atoms with van der Waals surface area (Å²) >= 11 is 0. The summed E-state index contributed by atoms with van der Waals surface area (Å²) in [4.78, 5) is 33.6. The molecule has 1 atom stereocenters. The third-order valence-corrected chi connectivity index (χ3v) is 5.91. The number of carbonyl (C=O) groups is 1. The third-order valence-electron chi connectivity index (χ3n) is 5.91. The average molecular weight is 452 g/mol. The highest BCUT2D eigenvalue weighted by molar-refractivity contribution is 5.92. The summed E-state index contributed by atoms with van der Waals surface area (Å²) in [5, 5.41) is 0. The van der Waals surface area contributed by atoms with Gasteiger partial charge < -0.3 is 28.4 Å². The lowest BCUT2D eigenvalue weighted by molar-refractivity contribution is 0.0765. The first-order chi connectivity index (χ1) is 16.2. The highest BCUT2D eigenvalue weighted by Gasteiger charge is 2.31. The fourth-order valence-corrected chi connectivity index (χ4v) is 4.18. The Labute approximate surface area is 190 Å². The van der Waals surface area contributed by atoms with E-state index in [0.717, 1.165) is 29.9 Å². The van der Waals surface area contributed by atoms with Crippen molar-refractivity contribution >= 4 is 11.6 Å². The minimum absolute atomic E-state index is 0.155. The van der Waals surface area contributed by atoms with Gasteiger partial charge >= 0.3 is 0 Å². The maximum Gasteiger partial charge on any atom is 0.275 e. The molecule has 1 saturated heterocycles. The first kappa shape index (κ1) is 21.0. The van der Waals surface area contributed by atoms with E-state index in [4.69, 9.17) is 18.6 Å². The zero-order valence-corrected chi connectivity index (χ0v) is 18.4. The topological polar surface area (TPSA) is 116 Å². The van der Waals surface area contributed by atoms with Crippen LogP contribution in [0.15, 0.2) is 35.7 Å². The first-order valence-electron chi connectivity index (χ1n) is 10.7. The molecule has 0 aliphatic carbocycles. The summed E-state index contributed by atoms with van der Waals surface area (Å²) in [5.41, 5.74) is 3.13. The number of nitrogens with zero attached hydrogens (tertiary/aromatic N) is 6. The number of hydrogen-bond acceptors (Lipinski definition) is 10. The number of pyridine rings is 1. The molecule has 3 aromatic rings. The summed E-state index contributed by atoms with van der Waals surface area (Å²) in [5.74, 6) is 1.41. The van der Waals surface area contributed by atoms with Gasteiger partial charge in [0.15, 0.2) is 17.8 Å². The van der Waals surface area contributed by atoms with Crippen molar-refractivity contribution in [3.63, 3.8) is 0 Å². The van der Waals surface area contributed by atoms with Gasteiger partial charge in [0.2, 0.25) is 5.88 Å². The smallest absolute Gasteiger partial charge is 0.275 e. The number of ether oxygens (including phenoxy) is 3. The zero-order chi connectivity index (χ0) is 22.8. The lowest BCUT2D eigenvalue weighted by atomic mass is 10.1. The summed E-state index contributed by atoms with van der Waals surface area (Å²) < 4.78 is 21.8. The normalized spacial score (nSPS) is 17.6. The van der Waals surface area contributed by atoms with Crippen molar-refractivity contribution in [1.29, 1.82) is 0 Å². The summed E-state index contributed by atoms with van der Waals surface area (Å²) in [6, 6.07) is 1.91. The van der Waals surface area contributed by atoms with Crippen LogP contribution in [0.1, 0.15) is 28.2 Å². The van der Waals surface area contributed by atoms with Crippen LogP contribution < -0.4 is 19.1 Å². The Morgan fingerprint density at radius 2 is 2.03 bits per heavy atom. The standard InChI is InChI=1S/C22H24N6O5/c1-30-19-7-14(8-23-21(19)31-2)27-6-4-17-16(10-27)20(25-12-24-17)33-15-3-5-28(9-15)22(29)18-11-32-13-26-18/h7-8,11-13,15H,3-6,9-10H2,1-2H3. The van der Waals surface area contributed by atoms with Crippen molar-refractivity contribution in [2.75, 3.05) is 38.8 Å². The van der Waals surface area contributed by atoms with Crippen molar-refractivity contribution in [1.82, 2.24) is 24.8 Å². The van der Waals surface area contributed by atoms with Crippen LogP contribution in [0.5, 0.6) is 17.5 Å². The molecule has 11 heteroatoms. The number of hydrogen-bond donors (Lipinski definition) is 0. The molecule has 33 heavy (non-hydrogen) atoms. The van der Waals surface area contributed by atoms with Crippen LogP contribution in [0.4, 0.5) is 5.69 Å². The molecule has 1 unspecified atom stereocenters. The van der Waals surface area contributed by atoms with Crippen LogP contribution in [0, 0.1) is 0 Å². The Morgan fingerprint density at radius 3 is 2.82 bits per heavy atom. The van der Waals surface area contributed by atoms with Crippen molar-refractivity contribution in [2.24, 2.45) is 0 Å². The lowest BCUT2D eigenvalue weighted by Crippen LogP contribution is -2.33. The maximum atomic E-state index is 12.5. The van der Waals surface area contributed by atoms with Gasteiger partial charge in [-0.1, -0.05) is 0 Å². The molecule has 3 aromatic heterocycles. The number of oxazole rings is 1. The monoisotopic (exact) mass is 452 g/mol. The van der Waals surface area contributed by atoms with Gasteiger partial charge in [-0.25, -0.2) is 19.9 Å². The molecule has 1 amide bonds. The van der Waals surface area contributed by atoms with Crippen LogP contribution in [0.3, 0.4) is 0 Å². The molecule has 0 spiro atoms. The van der Waals surface area contributed by atoms with Crippen LogP contribution in [0.25, 0.3) is 0 Å². The molecule has 0 aromatic carbocycles. The Kier molecular flexibility index (Phi) is 5.68. The molecule has 172 valence electrons. The van der Waals surface area contributed by atoms with Crippen molar-refractivity contribution in [2.45, 2.75) is 25.5 Å². The van der Waals surface area contributed by atoms with Gasteiger partial charge in [0.25, 0.3) is 11.8 Å². The van der Waals surface area contributed by atoms with E-state index in [1.54, 1.807) is 25.3 Å². The molecule has 5 rings (SSSR count). The van der Waals surface area contributed by atoms with E-state index in [9.17, 15) is 4.79 Å². The molecule has 0 N–H and O–H groups in total. The Balaban J connectivity index is 1.31. The fraction of sp³-hybridized carbons (Fsp3) is 0.409. The van der Waals surface area contributed by atoms with E-state index < -0.39 is 0 Å². The van der Waals surface area contributed by atoms with Crippen LogP contribution in [-0.2, 0) is 13.0 Å². The van der Waals surface area contributed by atoms with Gasteiger partial charge in [0.1, 0.15) is 18.7 Å². The predicted molar refractivity (Wildman–Crippen MR) is 116 cm³/mol. The minimum Gasteiger partial charge on any atom is -0.491 e. The van der Waals surface area contributed by atoms with Crippen LogP contribution in [0.2, 0.25) is 0 Å². The molecular weight excluding hydrogens is 428 g/mol. The Bertz CT molecular complexity index is 1140. The number of fused-ring (bicyclic) bond motifs is 1. The number of likely N-dealkylation sites (tertiary alicyclic amines) is 1. The van der Waals surface area contributed by atoms with Crippen LogP contribution >= 0.6 is 0 Å². The van der Waals surface area contributed by atoms with E-state index in [-0.39, 0.29) is 12.0 Å². The van der Waals surface area contributed by atoms with Crippen molar-refractivity contribution in [3.8, 4) is 17.5 Å². The number of methoxy groups -OCH3 is 2. The van der Waals surface area contributed by atoms with E-state index in [1.165, 1.54) is 19.0 Å². The van der Waals surface area contributed by atoms with Gasteiger partial charge in [-0.15, -0.1) is 0 Å². The largest absolute Gasteiger partial charge is 0.491 e. The second kappa shape index (κ2) is 8.93. The summed E-state index contributed by atoms with van der Waals surface area (Å²) in [6.07, 6.45) is 7.23. The second-order valence-corrected chi connectivity index (χ2v) is 7.83. The molecule has 2 aliphatic heterocycles. The first-order valence-corrected chi connectivity index (χ1v) is 10.7. The number of aromatic nitrogens is 4. The number of carbonyl (C=O) groups excluding carboxylic acids is 1. The molecule has 0 saturated carbocycles. The van der Waals surface area contributed by atoms with E-state index >= 15 is 0 Å². The lowest BCUT2D eigenvalue weighted by Gasteiger charge is -2.31. The van der Waals surface area contributed by atoms with Gasteiger partial charge in [-0.05, 0) is 0 Å². The molecule has 0 bridgehead atoms. The highest BCUT2D eigenvalue weighted by atomic mass is 16.5. The summed E-state index contributed by atoms with van der Waals surface area (Å²) in [6.45, 7) is 2.42. The average Bonchev–Trinajstić information content (AvgIpc) is 3.56. The van der Waals surface area contributed by atoms with Gasteiger partial charge in [0.05, 0.1) is 50.5 Å². The second-order valence-electron chi connectivity index (χ2n) is 7.83. The number of anilines is 1. The number of amides is 1. The molecule has 11 nitrogen and oxygen atoms in total. The summed E-state index contributed by atoms with van der Waals surface area (Å²) in [7, 11) is 3.15. The van der Waals surface area contributed by atoms with E-state index in [1.807, 2.05) is 6.07 Å². The van der Waals surface area contributed by atoms with Gasteiger partial charge in [-0.3, -0.25) is 4.79 Å². The minimum atomic E-state index is -0.160. The highest BCUT2D eigenvalue weighted by Crippen LogP contribution is 2.33. The van der Waals surface area contributed by atoms with Gasteiger partial charge in [-0.2, -0.15) is 0 Å². The molecule has 0 radical (unpaired) electrons. The Hall–Kier alpha value is -3.89. The van der Waals surface area contributed by atoms with Crippen molar-refractivity contribution in [3.05, 3.63) is 48.2 Å². The molecule has 2 aliphatic rings. The molecule has 5 heterocycles. The number of rotatable bonds is 6. The van der Waals surface area contributed by atoms with Crippen molar-refractivity contribution < 1.29 is 23.4 Å². The SMILES string of the molecule is COc1cc(N2CCc3ncnc(OC4CCN(C(=O)c5cocn5)C4)c3C2)cnc1OC. The maximum absolute atomic E-state index is 12.5. The van der Waals surface area contributed by atoms with Crippen LogP contribution in [-0.4, -0.2) is 70.7 Å². The molecular formula is C22H24N6O5. The Morgan fingerprint density at radius 1 is 1.12 bits per heavy atom. The van der Waals surface area contributed by atoms with E-state index in [2.05, 4.69) is 24.8 Å². The molecule has 1 fully saturated rings. The van der Waals surface area contributed by atoms with E-state index in [0.29, 0.717) is 49.3 Å². The zero-order valence-electron chi connectivity index (χ0n) is 18.4. The predicted octanol–water partition coefficient (Wildman–Crippen LogP) is 1.73. The quantitative estimate of drug-likeness (QED) is 0.547. The third kappa shape index (κ3) is 4.13. The van der Waals surface area contributed by atoms with Gasteiger partial charge in [0, 0.05) is 32.0 Å². The fourth-order valence-electron chi connectivity index (χ4n) is 4.18.